The topological polar surface area (TPSA) is 102 Å². The van der Waals surface area contributed by atoms with Crippen LogP contribution in [0.3, 0.4) is 0 Å². The predicted molar refractivity (Wildman–Crippen MR) is 109 cm³/mol. The second-order valence-corrected chi connectivity index (χ2v) is 9.24. The number of carbonyl (C=O) groups excluding carboxylic acids is 1. The molecule has 29 heavy (non-hydrogen) atoms. The molecule has 3 aromatic rings. The fraction of sp³-hybridized carbons (Fsp3) is 0.263. The Balaban J connectivity index is 1.45. The van der Waals surface area contributed by atoms with Crippen LogP contribution >= 0.6 is 11.3 Å². The van der Waals surface area contributed by atoms with Gasteiger partial charge in [-0.3, -0.25) is 10.1 Å². The molecule has 3 heterocycles. The number of sulfonamides is 1. The number of morpholine rings is 1. The van der Waals surface area contributed by atoms with Crippen LogP contribution in [-0.2, 0) is 14.8 Å². The van der Waals surface area contributed by atoms with Crippen molar-refractivity contribution in [3.63, 3.8) is 0 Å². The number of furan rings is 1. The molecule has 10 heteroatoms. The highest BCUT2D eigenvalue weighted by molar-refractivity contribution is 7.89. The van der Waals surface area contributed by atoms with Crippen molar-refractivity contribution < 1.29 is 22.4 Å². The SMILES string of the molecule is Cc1ccc(-c2csc(NC(=O)c3ccc(S(=O)(=O)N4CCOCC4)cc3)n2)o1. The van der Waals surface area contributed by atoms with Crippen LogP contribution in [0.1, 0.15) is 16.1 Å². The number of nitrogens with one attached hydrogen (secondary N) is 1. The van der Waals surface area contributed by atoms with E-state index in [1.165, 1.54) is 39.9 Å². The molecule has 152 valence electrons. The fourth-order valence-corrected chi connectivity index (χ4v) is 5.00. The smallest absolute Gasteiger partial charge is 0.257 e. The first kappa shape index (κ1) is 19.8. The maximum absolute atomic E-state index is 12.7. The maximum atomic E-state index is 12.7. The van der Waals surface area contributed by atoms with Crippen LogP contribution < -0.4 is 5.32 Å². The number of benzene rings is 1. The van der Waals surface area contributed by atoms with Gasteiger partial charge >= 0.3 is 0 Å². The molecule has 0 aliphatic carbocycles. The number of hydrogen-bond donors (Lipinski definition) is 1. The van der Waals surface area contributed by atoms with Crippen molar-refractivity contribution in [1.29, 1.82) is 0 Å². The highest BCUT2D eigenvalue weighted by Crippen LogP contribution is 2.27. The van der Waals surface area contributed by atoms with E-state index in [-0.39, 0.29) is 10.8 Å². The third-order valence-electron chi connectivity index (χ3n) is 4.44. The molecule has 0 spiro atoms. The molecule has 0 radical (unpaired) electrons. The van der Waals surface area contributed by atoms with Gasteiger partial charge in [0.05, 0.1) is 18.1 Å². The number of rotatable bonds is 5. The zero-order valence-corrected chi connectivity index (χ0v) is 17.3. The first-order chi connectivity index (χ1) is 13.9. The van der Waals surface area contributed by atoms with Crippen molar-refractivity contribution in [1.82, 2.24) is 9.29 Å². The van der Waals surface area contributed by atoms with Crippen LogP contribution in [0.15, 0.2) is 51.1 Å². The summed E-state index contributed by atoms with van der Waals surface area (Å²) >= 11 is 1.29. The largest absolute Gasteiger partial charge is 0.460 e. The van der Waals surface area contributed by atoms with E-state index in [2.05, 4.69) is 10.3 Å². The summed E-state index contributed by atoms with van der Waals surface area (Å²) in [4.78, 5) is 17.0. The normalized spacial score (nSPS) is 15.3. The number of ether oxygens (including phenoxy) is 1. The number of hydrogen-bond acceptors (Lipinski definition) is 7. The number of nitrogens with zero attached hydrogens (tertiary/aromatic N) is 2. The molecular formula is C19H19N3O5S2. The van der Waals surface area contributed by atoms with Crippen LogP contribution in [0.4, 0.5) is 5.13 Å². The second kappa shape index (κ2) is 8.07. The summed E-state index contributed by atoms with van der Waals surface area (Å²) < 4.78 is 37.4. The number of thiazole rings is 1. The van der Waals surface area contributed by atoms with E-state index in [4.69, 9.17) is 9.15 Å². The van der Waals surface area contributed by atoms with E-state index in [1.54, 1.807) is 5.38 Å². The summed E-state index contributed by atoms with van der Waals surface area (Å²) in [6, 6.07) is 9.54. The Labute approximate surface area is 172 Å². The van der Waals surface area contributed by atoms with Gasteiger partial charge in [-0.05, 0) is 43.3 Å². The van der Waals surface area contributed by atoms with Crippen LogP contribution in [0.5, 0.6) is 0 Å². The second-order valence-electron chi connectivity index (χ2n) is 6.44. The molecule has 1 fully saturated rings. The summed E-state index contributed by atoms with van der Waals surface area (Å²) in [6.45, 7) is 3.26. The van der Waals surface area contributed by atoms with Gasteiger partial charge in [0.15, 0.2) is 10.9 Å². The summed E-state index contributed by atoms with van der Waals surface area (Å²) in [6.07, 6.45) is 0. The van der Waals surface area contributed by atoms with Crippen molar-refractivity contribution in [2.45, 2.75) is 11.8 Å². The first-order valence-corrected chi connectivity index (χ1v) is 11.3. The van der Waals surface area contributed by atoms with Gasteiger partial charge in [0.1, 0.15) is 11.5 Å². The number of carbonyl (C=O) groups is 1. The van der Waals surface area contributed by atoms with Crippen LogP contribution in [0, 0.1) is 6.92 Å². The summed E-state index contributed by atoms with van der Waals surface area (Å²) in [5.74, 6) is 1.06. The highest BCUT2D eigenvalue weighted by Gasteiger charge is 2.26. The van der Waals surface area contributed by atoms with Crippen molar-refractivity contribution in [2.24, 2.45) is 0 Å². The summed E-state index contributed by atoms with van der Waals surface area (Å²) in [5, 5.41) is 4.96. The molecule has 1 aromatic carbocycles. The number of aryl methyl sites for hydroxylation is 1. The zero-order chi connectivity index (χ0) is 20.4. The lowest BCUT2D eigenvalue weighted by Crippen LogP contribution is -2.40. The molecule has 1 N–H and O–H groups in total. The molecular weight excluding hydrogens is 414 g/mol. The molecule has 1 aliphatic heterocycles. The van der Waals surface area contributed by atoms with Gasteiger partial charge in [-0.15, -0.1) is 11.3 Å². The van der Waals surface area contributed by atoms with Crippen molar-refractivity contribution >= 4 is 32.4 Å². The van der Waals surface area contributed by atoms with Gasteiger partial charge in [0.25, 0.3) is 5.91 Å². The van der Waals surface area contributed by atoms with E-state index >= 15 is 0 Å². The van der Waals surface area contributed by atoms with E-state index in [0.29, 0.717) is 48.5 Å². The lowest BCUT2D eigenvalue weighted by Gasteiger charge is -2.26. The Bertz CT molecular complexity index is 1110. The van der Waals surface area contributed by atoms with Gasteiger partial charge in [-0.2, -0.15) is 4.31 Å². The number of anilines is 1. The number of aromatic nitrogens is 1. The Kier molecular flexibility index (Phi) is 5.50. The molecule has 0 unspecified atom stereocenters. The van der Waals surface area contributed by atoms with Gasteiger partial charge in [-0.1, -0.05) is 0 Å². The lowest BCUT2D eigenvalue weighted by molar-refractivity contribution is 0.0730. The molecule has 0 atom stereocenters. The molecule has 0 bridgehead atoms. The zero-order valence-electron chi connectivity index (χ0n) is 15.6. The lowest BCUT2D eigenvalue weighted by atomic mass is 10.2. The Morgan fingerprint density at radius 2 is 1.86 bits per heavy atom. The molecule has 0 saturated carbocycles. The average molecular weight is 434 g/mol. The summed E-state index contributed by atoms with van der Waals surface area (Å²) in [7, 11) is -3.59. The summed E-state index contributed by atoms with van der Waals surface area (Å²) in [5.41, 5.74) is 0.988. The molecule has 1 amide bonds. The molecule has 1 saturated heterocycles. The van der Waals surface area contributed by atoms with E-state index < -0.39 is 10.0 Å². The van der Waals surface area contributed by atoms with E-state index in [9.17, 15) is 13.2 Å². The van der Waals surface area contributed by atoms with Crippen molar-refractivity contribution in [3.05, 3.63) is 53.1 Å². The van der Waals surface area contributed by atoms with E-state index in [0.717, 1.165) is 5.76 Å². The first-order valence-electron chi connectivity index (χ1n) is 8.95. The molecule has 8 nitrogen and oxygen atoms in total. The Hall–Kier alpha value is -2.53. The van der Waals surface area contributed by atoms with Gasteiger partial charge < -0.3 is 9.15 Å². The molecule has 2 aromatic heterocycles. The Morgan fingerprint density at radius 3 is 2.52 bits per heavy atom. The third kappa shape index (κ3) is 4.25. The van der Waals surface area contributed by atoms with E-state index in [1.807, 2.05) is 19.1 Å². The quantitative estimate of drug-likeness (QED) is 0.664. The third-order valence-corrected chi connectivity index (χ3v) is 7.11. The highest BCUT2D eigenvalue weighted by atomic mass is 32.2. The van der Waals surface area contributed by atoms with Crippen LogP contribution in [0.25, 0.3) is 11.5 Å². The molecule has 1 aliphatic rings. The molecule has 4 rings (SSSR count). The fourth-order valence-electron chi connectivity index (χ4n) is 2.90. The van der Waals surface area contributed by atoms with Crippen LogP contribution in [0.2, 0.25) is 0 Å². The maximum Gasteiger partial charge on any atom is 0.257 e. The minimum Gasteiger partial charge on any atom is -0.460 e. The van der Waals surface area contributed by atoms with Gasteiger partial charge in [-0.25, -0.2) is 13.4 Å². The monoisotopic (exact) mass is 433 g/mol. The Morgan fingerprint density at radius 1 is 1.14 bits per heavy atom. The van der Waals surface area contributed by atoms with Crippen molar-refractivity contribution in [2.75, 3.05) is 31.6 Å². The van der Waals surface area contributed by atoms with Crippen molar-refractivity contribution in [3.8, 4) is 11.5 Å². The van der Waals surface area contributed by atoms with Crippen LogP contribution in [-0.4, -0.2) is 49.9 Å². The average Bonchev–Trinajstić information content (AvgIpc) is 3.37. The minimum atomic E-state index is -3.59. The standard InChI is InChI=1S/C19H19N3O5S2/c1-13-2-7-17(27-13)16-12-28-19(20-16)21-18(23)14-3-5-15(6-4-14)29(24,25)22-8-10-26-11-9-22/h2-7,12H,8-11H2,1H3,(H,20,21,23). The van der Waals surface area contributed by atoms with Gasteiger partial charge in [0, 0.05) is 24.0 Å². The predicted octanol–water partition coefficient (Wildman–Crippen LogP) is 2.98. The van der Waals surface area contributed by atoms with Gasteiger partial charge in [0.2, 0.25) is 10.0 Å². The number of amides is 1. The minimum absolute atomic E-state index is 0.153.